The maximum Gasteiger partial charge on any atom is 0.490 e. The maximum absolute atomic E-state index is 13.0. The zero-order valence-electron chi connectivity index (χ0n) is 20.5. The average Bonchev–Trinajstić information content (AvgIpc) is 3.26. The van der Waals surface area contributed by atoms with Crippen LogP contribution in [0.3, 0.4) is 0 Å². The van der Waals surface area contributed by atoms with Crippen LogP contribution in [0.1, 0.15) is 40.2 Å². The zero-order valence-corrected chi connectivity index (χ0v) is 20.5. The number of aryl methyl sites for hydroxylation is 2. The number of alkyl halides is 3. The van der Waals surface area contributed by atoms with Gasteiger partial charge in [0.25, 0.3) is 5.91 Å². The number of piperidine rings is 1. The number of imidazole rings is 1. The third kappa shape index (κ3) is 5.99. The van der Waals surface area contributed by atoms with Crippen molar-refractivity contribution in [2.75, 3.05) is 13.1 Å². The predicted molar refractivity (Wildman–Crippen MR) is 128 cm³/mol. The number of fused-ring (bicyclic) bond motifs is 1. The lowest BCUT2D eigenvalue weighted by molar-refractivity contribution is -0.192. The Labute approximate surface area is 211 Å². The molecule has 1 saturated heterocycles. The molecule has 4 heterocycles. The number of aliphatic carboxylic acids is 1. The number of hydrogen-bond acceptors (Lipinski definition) is 5. The molecule has 1 fully saturated rings. The SMILES string of the molecule is Cc1cc(C)cc(C(=O)N2CCC3(CC2)Cn2c(-c4cccnc4)cnc2CO3)c1.O=C(O)C(F)(F)F. The summed E-state index contributed by atoms with van der Waals surface area (Å²) in [6.45, 7) is 6.75. The number of rotatable bonds is 2. The van der Waals surface area contributed by atoms with Crippen molar-refractivity contribution < 1.29 is 32.6 Å². The Balaban J connectivity index is 0.000000405. The first-order valence-electron chi connectivity index (χ1n) is 11.7. The summed E-state index contributed by atoms with van der Waals surface area (Å²) in [5.74, 6) is -1.69. The number of pyridine rings is 1. The molecule has 5 rings (SSSR count). The number of carboxylic acids is 1. The molecule has 196 valence electrons. The molecule has 0 radical (unpaired) electrons. The largest absolute Gasteiger partial charge is 0.490 e. The van der Waals surface area contributed by atoms with Gasteiger partial charge in [0, 0.05) is 36.6 Å². The highest BCUT2D eigenvalue weighted by molar-refractivity contribution is 5.94. The Morgan fingerprint density at radius 1 is 1.08 bits per heavy atom. The molecule has 1 spiro atoms. The Bertz CT molecular complexity index is 1260. The van der Waals surface area contributed by atoms with E-state index in [2.05, 4.69) is 26.7 Å². The van der Waals surface area contributed by atoms with E-state index in [0.29, 0.717) is 19.7 Å². The average molecular weight is 517 g/mol. The predicted octanol–water partition coefficient (Wildman–Crippen LogP) is 4.40. The first-order chi connectivity index (χ1) is 17.5. The van der Waals surface area contributed by atoms with Gasteiger partial charge in [-0.1, -0.05) is 17.2 Å². The second kappa shape index (κ2) is 10.3. The highest BCUT2D eigenvalue weighted by atomic mass is 19.4. The highest BCUT2D eigenvalue weighted by Gasteiger charge is 2.41. The number of carbonyl (C=O) groups is 2. The lowest BCUT2D eigenvalue weighted by Gasteiger charge is -2.44. The van der Waals surface area contributed by atoms with Crippen molar-refractivity contribution in [1.29, 1.82) is 0 Å². The van der Waals surface area contributed by atoms with Crippen LogP contribution < -0.4 is 0 Å². The van der Waals surface area contributed by atoms with E-state index in [9.17, 15) is 18.0 Å². The number of carboxylic acid groups (broad SMARTS) is 1. The molecule has 1 aromatic carbocycles. The number of halogens is 3. The third-order valence-corrected chi connectivity index (χ3v) is 6.52. The third-order valence-electron chi connectivity index (χ3n) is 6.52. The minimum atomic E-state index is -5.08. The van der Waals surface area contributed by atoms with Crippen molar-refractivity contribution in [3.05, 3.63) is 71.4 Å². The van der Waals surface area contributed by atoms with Gasteiger partial charge < -0.3 is 19.3 Å². The van der Waals surface area contributed by atoms with Crippen LogP contribution >= 0.6 is 0 Å². The van der Waals surface area contributed by atoms with Gasteiger partial charge in [-0.3, -0.25) is 9.78 Å². The molecule has 8 nitrogen and oxygen atoms in total. The maximum atomic E-state index is 13.0. The van der Waals surface area contributed by atoms with Crippen molar-refractivity contribution in [2.24, 2.45) is 0 Å². The summed E-state index contributed by atoms with van der Waals surface area (Å²) in [6.07, 6.45) is 2.14. The molecule has 2 aliphatic heterocycles. The fourth-order valence-corrected chi connectivity index (χ4v) is 4.70. The number of carbonyl (C=O) groups excluding carboxylic acids is 1. The molecule has 0 bridgehead atoms. The van der Waals surface area contributed by atoms with Crippen LogP contribution in [0, 0.1) is 13.8 Å². The van der Waals surface area contributed by atoms with Crippen molar-refractivity contribution in [1.82, 2.24) is 19.4 Å². The van der Waals surface area contributed by atoms with Gasteiger partial charge in [-0.15, -0.1) is 0 Å². The van der Waals surface area contributed by atoms with Crippen LogP contribution in [0.2, 0.25) is 0 Å². The van der Waals surface area contributed by atoms with Gasteiger partial charge in [-0.2, -0.15) is 13.2 Å². The number of ether oxygens (including phenoxy) is 1. The lowest BCUT2D eigenvalue weighted by atomic mass is 9.89. The smallest absolute Gasteiger partial charge is 0.475 e. The second-order valence-corrected chi connectivity index (χ2v) is 9.33. The van der Waals surface area contributed by atoms with E-state index in [1.807, 2.05) is 49.3 Å². The van der Waals surface area contributed by atoms with Gasteiger partial charge in [0.15, 0.2) is 0 Å². The molecule has 0 saturated carbocycles. The minimum Gasteiger partial charge on any atom is -0.475 e. The number of amides is 1. The van der Waals surface area contributed by atoms with E-state index in [1.165, 1.54) is 0 Å². The molecule has 3 aromatic rings. The Kier molecular flexibility index (Phi) is 7.35. The van der Waals surface area contributed by atoms with Crippen molar-refractivity contribution in [3.63, 3.8) is 0 Å². The van der Waals surface area contributed by atoms with Gasteiger partial charge in [0.05, 0.1) is 24.0 Å². The Morgan fingerprint density at radius 3 is 2.30 bits per heavy atom. The monoisotopic (exact) mass is 516 g/mol. The highest BCUT2D eigenvalue weighted by Crippen LogP contribution is 2.36. The molecule has 1 amide bonds. The molecule has 2 aliphatic rings. The number of nitrogens with zero attached hydrogens (tertiary/aromatic N) is 4. The Hall–Kier alpha value is -3.73. The van der Waals surface area contributed by atoms with Crippen LogP contribution in [0.15, 0.2) is 48.9 Å². The fraction of sp³-hybridized carbons (Fsp3) is 0.385. The van der Waals surface area contributed by atoms with E-state index in [1.54, 1.807) is 6.20 Å². The van der Waals surface area contributed by atoms with Crippen LogP contribution in [0.5, 0.6) is 0 Å². The molecular weight excluding hydrogens is 489 g/mol. The van der Waals surface area contributed by atoms with E-state index in [-0.39, 0.29) is 11.5 Å². The van der Waals surface area contributed by atoms with Gasteiger partial charge in [0.2, 0.25) is 0 Å². The standard InChI is InChI=1S/C24H26N4O2.C2HF3O2/c1-17-10-18(2)12-20(11-17)23(29)27-8-5-24(6-9-27)16-28-21(14-26-22(28)15-30-24)19-4-3-7-25-13-19;3-2(4,5)1(6)7/h3-4,7,10-14H,5-6,8-9,15-16H2,1-2H3;(H,6,7). The van der Waals surface area contributed by atoms with Crippen molar-refractivity contribution in [2.45, 2.75) is 51.6 Å². The van der Waals surface area contributed by atoms with Crippen LogP contribution in [-0.4, -0.2) is 61.3 Å². The summed E-state index contributed by atoms with van der Waals surface area (Å²) in [5, 5.41) is 7.12. The second-order valence-electron chi connectivity index (χ2n) is 9.33. The molecule has 11 heteroatoms. The molecule has 0 atom stereocenters. The minimum absolute atomic E-state index is 0.117. The van der Waals surface area contributed by atoms with Crippen LogP contribution in [0.25, 0.3) is 11.3 Å². The molecule has 1 N–H and O–H groups in total. The summed E-state index contributed by atoms with van der Waals surface area (Å²) < 4.78 is 40.3. The zero-order chi connectivity index (χ0) is 26.8. The van der Waals surface area contributed by atoms with E-state index in [4.69, 9.17) is 14.6 Å². The number of hydrogen-bond donors (Lipinski definition) is 1. The van der Waals surface area contributed by atoms with Gasteiger partial charge >= 0.3 is 12.1 Å². The topological polar surface area (TPSA) is 97.5 Å². The van der Waals surface area contributed by atoms with E-state index < -0.39 is 12.1 Å². The molecule has 37 heavy (non-hydrogen) atoms. The summed E-state index contributed by atoms with van der Waals surface area (Å²) in [5.41, 5.74) is 4.93. The van der Waals surface area contributed by atoms with Gasteiger partial charge in [0.1, 0.15) is 12.4 Å². The van der Waals surface area contributed by atoms with Gasteiger partial charge in [-0.05, 0) is 51.0 Å². The molecule has 0 aliphatic carbocycles. The number of benzene rings is 1. The normalized spacial score (nSPS) is 16.5. The first kappa shape index (κ1) is 26.3. The van der Waals surface area contributed by atoms with E-state index in [0.717, 1.165) is 53.2 Å². The summed E-state index contributed by atoms with van der Waals surface area (Å²) >= 11 is 0. The molecule has 0 unspecified atom stereocenters. The number of likely N-dealkylation sites (tertiary alicyclic amines) is 1. The fourth-order valence-electron chi connectivity index (χ4n) is 4.70. The number of aromatic nitrogens is 3. The van der Waals surface area contributed by atoms with Crippen LogP contribution in [0.4, 0.5) is 13.2 Å². The summed E-state index contributed by atoms with van der Waals surface area (Å²) in [7, 11) is 0. The first-order valence-corrected chi connectivity index (χ1v) is 11.7. The summed E-state index contributed by atoms with van der Waals surface area (Å²) in [4.78, 5) is 32.7. The molecule has 2 aromatic heterocycles. The lowest BCUT2D eigenvalue weighted by Crippen LogP contribution is -2.52. The quantitative estimate of drug-likeness (QED) is 0.542. The van der Waals surface area contributed by atoms with Gasteiger partial charge in [-0.25, -0.2) is 9.78 Å². The van der Waals surface area contributed by atoms with Crippen molar-refractivity contribution >= 4 is 11.9 Å². The Morgan fingerprint density at radius 2 is 1.73 bits per heavy atom. The summed E-state index contributed by atoms with van der Waals surface area (Å²) in [6, 6.07) is 10.1. The van der Waals surface area contributed by atoms with Crippen LogP contribution in [-0.2, 0) is 22.7 Å². The van der Waals surface area contributed by atoms with Crippen molar-refractivity contribution in [3.8, 4) is 11.3 Å². The van der Waals surface area contributed by atoms with E-state index >= 15 is 0 Å². The molecular formula is C26H27F3N4O4.